The molecule has 0 amide bonds. The molecule has 1 N–H and O–H groups in total. The Labute approximate surface area is 126 Å². The third kappa shape index (κ3) is 3.79. The van der Waals surface area contributed by atoms with Gasteiger partial charge >= 0.3 is 6.18 Å². The molecule has 1 heterocycles. The van der Waals surface area contributed by atoms with Gasteiger partial charge in [0, 0.05) is 5.54 Å². The molecule has 1 aromatic rings. The van der Waals surface area contributed by atoms with Gasteiger partial charge in [-0.1, -0.05) is 0 Å². The van der Waals surface area contributed by atoms with Crippen LogP contribution in [0.15, 0.2) is 29.2 Å². The zero-order valence-electron chi connectivity index (χ0n) is 11.5. The maximum Gasteiger partial charge on any atom is 0.416 e. The molecule has 1 aromatic carbocycles. The van der Waals surface area contributed by atoms with Gasteiger partial charge in [-0.3, -0.25) is 0 Å². The minimum Gasteiger partial charge on any atom is -0.229 e. The maximum atomic E-state index is 12.5. The Bertz CT molecular complexity index is 770. The van der Waals surface area contributed by atoms with Gasteiger partial charge < -0.3 is 0 Å². The molecule has 2 rings (SSSR count). The van der Waals surface area contributed by atoms with Crippen molar-refractivity contribution in [3.05, 3.63) is 29.8 Å². The average Bonchev–Trinajstić information content (AvgIpc) is 2.61. The topological polar surface area (TPSA) is 80.3 Å². The Morgan fingerprint density at radius 2 is 1.73 bits per heavy atom. The average molecular weight is 357 g/mol. The first-order valence-corrected chi connectivity index (χ1v) is 9.55. The quantitative estimate of drug-likeness (QED) is 0.890. The molecule has 1 saturated heterocycles. The van der Waals surface area contributed by atoms with Crippen LogP contribution in [-0.4, -0.2) is 33.9 Å². The fourth-order valence-corrected chi connectivity index (χ4v) is 5.92. The van der Waals surface area contributed by atoms with E-state index in [-0.39, 0.29) is 22.8 Å². The van der Waals surface area contributed by atoms with Crippen molar-refractivity contribution in [3.8, 4) is 0 Å². The first-order chi connectivity index (χ1) is 9.83. The van der Waals surface area contributed by atoms with E-state index in [1.54, 1.807) is 0 Å². The Hall–Kier alpha value is -1.13. The molecule has 0 spiro atoms. The van der Waals surface area contributed by atoms with Crippen molar-refractivity contribution in [2.45, 2.75) is 30.0 Å². The lowest BCUT2D eigenvalue weighted by Gasteiger charge is -2.23. The Morgan fingerprint density at radius 3 is 2.14 bits per heavy atom. The number of alkyl halides is 3. The number of hydrogen-bond acceptors (Lipinski definition) is 4. The predicted molar refractivity (Wildman–Crippen MR) is 73.4 cm³/mol. The molecule has 22 heavy (non-hydrogen) atoms. The molecule has 1 fully saturated rings. The second-order valence-electron chi connectivity index (χ2n) is 5.53. The van der Waals surface area contributed by atoms with Gasteiger partial charge in [-0.2, -0.15) is 13.2 Å². The predicted octanol–water partition coefficient (Wildman–Crippen LogP) is 1.56. The SMILES string of the molecule is CC1(NS(=O)(=O)c2ccc(C(F)(F)F)cc2)CCS(=O)(=O)C1. The Balaban J connectivity index is 2.25. The van der Waals surface area contributed by atoms with E-state index in [1.807, 2.05) is 0 Å². The minimum atomic E-state index is -4.55. The van der Waals surface area contributed by atoms with Crippen molar-refractivity contribution in [2.75, 3.05) is 11.5 Å². The highest BCUT2D eigenvalue weighted by atomic mass is 32.2. The van der Waals surface area contributed by atoms with E-state index < -0.39 is 37.1 Å². The van der Waals surface area contributed by atoms with Crippen LogP contribution in [-0.2, 0) is 26.0 Å². The van der Waals surface area contributed by atoms with Crippen LogP contribution in [0.3, 0.4) is 0 Å². The summed E-state index contributed by atoms with van der Waals surface area (Å²) in [6.45, 7) is 1.46. The lowest BCUT2D eigenvalue weighted by atomic mass is 10.0. The summed E-state index contributed by atoms with van der Waals surface area (Å²) in [7, 11) is -7.41. The molecule has 124 valence electrons. The molecule has 1 aliphatic rings. The van der Waals surface area contributed by atoms with Gasteiger partial charge in [-0.25, -0.2) is 21.6 Å². The minimum absolute atomic E-state index is 0.120. The standard InChI is InChI=1S/C12H14F3NO4S2/c1-11(6-7-21(17,18)8-11)16-22(19,20)10-4-2-9(3-5-10)12(13,14)15/h2-5,16H,6-8H2,1H3. The lowest BCUT2D eigenvalue weighted by molar-refractivity contribution is -0.137. The third-order valence-corrected chi connectivity index (χ3v) is 6.93. The lowest BCUT2D eigenvalue weighted by Crippen LogP contribution is -2.46. The van der Waals surface area contributed by atoms with Gasteiger partial charge in [-0.15, -0.1) is 0 Å². The van der Waals surface area contributed by atoms with Crippen molar-refractivity contribution >= 4 is 19.9 Å². The molecule has 1 atom stereocenters. The highest BCUT2D eigenvalue weighted by molar-refractivity contribution is 7.92. The fourth-order valence-electron chi connectivity index (χ4n) is 2.30. The summed E-state index contributed by atoms with van der Waals surface area (Å²) in [4.78, 5) is -0.342. The van der Waals surface area contributed by atoms with Crippen molar-refractivity contribution < 1.29 is 30.0 Å². The zero-order valence-corrected chi connectivity index (χ0v) is 13.1. The molecule has 0 radical (unpaired) electrons. The molecule has 0 aliphatic carbocycles. The largest absolute Gasteiger partial charge is 0.416 e. The Morgan fingerprint density at radius 1 is 1.18 bits per heavy atom. The van der Waals surface area contributed by atoms with Crippen molar-refractivity contribution in [3.63, 3.8) is 0 Å². The molecule has 10 heteroatoms. The second-order valence-corrected chi connectivity index (χ2v) is 9.40. The van der Waals surface area contributed by atoms with Crippen LogP contribution in [0.4, 0.5) is 13.2 Å². The highest BCUT2D eigenvalue weighted by Gasteiger charge is 2.41. The number of halogens is 3. The summed E-state index contributed by atoms with van der Waals surface area (Å²) >= 11 is 0. The molecule has 1 aliphatic heterocycles. The summed E-state index contributed by atoms with van der Waals surface area (Å²) in [6.07, 6.45) is -4.43. The summed E-state index contributed by atoms with van der Waals surface area (Å²) in [6, 6.07) is 3.03. The van der Waals surface area contributed by atoms with Crippen LogP contribution in [0.5, 0.6) is 0 Å². The van der Waals surface area contributed by atoms with Crippen LogP contribution in [0.1, 0.15) is 18.9 Å². The number of benzene rings is 1. The monoisotopic (exact) mass is 357 g/mol. The molecule has 0 saturated carbocycles. The van der Waals surface area contributed by atoms with Gasteiger partial charge in [0.1, 0.15) is 0 Å². The van der Waals surface area contributed by atoms with Gasteiger partial charge in [-0.05, 0) is 37.6 Å². The first kappa shape index (κ1) is 17.2. The molecule has 0 aromatic heterocycles. The zero-order chi connectivity index (χ0) is 16.8. The van der Waals surface area contributed by atoms with Crippen LogP contribution < -0.4 is 4.72 Å². The molecule has 0 bridgehead atoms. The number of sulfone groups is 1. The first-order valence-electron chi connectivity index (χ1n) is 6.25. The van der Waals surface area contributed by atoms with Crippen LogP contribution in [0.25, 0.3) is 0 Å². The van der Waals surface area contributed by atoms with Crippen molar-refractivity contribution in [1.82, 2.24) is 4.72 Å². The van der Waals surface area contributed by atoms with E-state index in [4.69, 9.17) is 0 Å². The molecule has 1 unspecified atom stereocenters. The summed E-state index contributed by atoms with van der Waals surface area (Å²) in [5, 5.41) is 0. The maximum absolute atomic E-state index is 12.5. The van der Waals surface area contributed by atoms with E-state index in [0.717, 1.165) is 12.1 Å². The van der Waals surface area contributed by atoms with Crippen molar-refractivity contribution in [1.29, 1.82) is 0 Å². The van der Waals surface area contributed by atoms with Gasteiger partial charge in [0.2, 0.25) is 10.0 Å². The third-order valence-electron chi connectivity index (χ3n) is 3.38. The van der Waals surface area contributed by atoms with E-state index in [9.17, 15) is 30.0 Å². The number of hydrogen-bond donors (Lipinski definition) is 1. The number of nitrogens with one attached hydrogen (secondary N) is 1. The summed E-state index contributed by atoms with van der Waals surface area (Å²) < 4.78 is 86.9. The smallest absolute Gasteiger partial charge is 0.229 e. The highest BCUT2D eigenvalue weighted by Crippen LogP contribution is 2.30. The molecular formula is C12H14F3NO4S2. The van der Waals surface area contributed by atoms with E-state index in [0.29, 0.717) is 12.1 Å². The van der Waals surface area contributed by atoms with Crippen molar-refractivity contribution in [2.24, 2.45) is 0 Å². The summed E-state index contributed by atoms with van der Waals surface area (Å²) in [5.41, 5.74) is -2.11. The normalized spacial score (nSPS) is 25.3. The fraction of sp³-hybridized carbons (Fsp3) is 0.500. The number of sulfonamides is 1. The van der Waals surface area contributed by atoms with Gasteiger partial charge in [0.15, 0.2) is 9.84 Å². The summed E-state index contributed by atoms with van der Waals surface area (Å²) in [5.74, 6) is -0.459. The van der Waals surface area contributed by atoms with Gasteiger partial charge in [0.25, 0.3) is 0 Å². The number of rotatable bonds is 3. The van der Waals surface area contributed by atoms with E-state index >= 15 is 0 Å². The molecular weight excluding hydrogens is 343 g/mol. The van der Waals surface area contributed by atoms with Gasteiger partial charge in [0.05, 0.1) is 22.0 Å². The van der Waals surface area contributed by atoms with Crippen LogP contribution in [0.2, 0.25) is 0 Å². The van der Waals surface area contributed by atoms with Crippen LogP contribution in [0, 0.1) is 0 Å². The van der Waals surface area contributed by atoms with Crippen LogP contribution >= 0.6 is 0 Å². The Kier molecular flexibility index (Phi) is 4.08. The molecule has 5 nitrogen and oxygen atoms in total. The van der Waals surface area contributed by atoms with E-state index in [1.165, 1.54) is 6.92 Å². The van der Waals surface area contributed by atoms with E-state index in [2.05, 4.69) is 4.72 Å². The second kappa shape index (κ2) is 5.20.